The van der Waals surface area contributed by atoms with Crippen LogP contribution < -0.4 is 9.47 Å². The summed E-state index contributed by atoms with van der Waals surface area (Å²) in [6.07, 6.45) is 0.474. The fraction of sp³-hybridized carbons (Fsp3) is 0.400. The van der Waals surface area contributed by atoms with Crippen molar-refractivity contribution in [1.82, 2.24) is 0 Å². The Bertz CT molecular complexity index is 590. The van der Waals surface area contributed by atoms with Crippen molar-refractivity contribution in [1.29, 1.82) is 0 Å². The molecule has 130 valence electrons. The van der Waals surface area contributed by atoms with Crippen molar-refractivity contribution in [2.75, 3.05) is 20.3 Å². The van der Waals surface area contributed by atoms with Crippen molar-refractivity contribution in [2.24, 2.45) is 0 Å². The normalized spacial score (nSPS) is 13.3. The number of ether oxygens (including phenoxy) is 3. The summed E-state index contributed by atoms with van der Waals surface area (Å²) in [6, 6.07) is 16.1. The van der Waals surface area contributed by atoms with Crippen LogP contribution in [0.1, 0.15) is 25.0 Å². The minimum atomic E-state index is -0.461. The summed E-state index contributed by atoms with van der Waals surface area (Å²) < 4.78 is 16.3. The third-order valence-electron chi connectivity index (χ3n) is 3.63. The predicted molar refractivity (Wildman–Crippen MR) is 94.8 cm³/mol. The number of aliphatic hydroxyl groups is 1. The van der Waals surface area contributed by atoms with Gasteiger partial charge < -0.3 is 19.3 Å². The van der Waals surface area contributed by atoms with Crippen LogP contribution in [0, 0.1) is 0 Å². The first-order valence-corrected chi connectivity index (χ1v) is 8.21. The molecule has 2 atom stereocenters. The highest BCUT2D eigenvalue weighted by atomic mass is 16.5. The van der Waals surface area contributed by atoms with Gasteiger partial charge in [-0.2, -0.15) is 0 Å². The Morgan fingerprint density at radius 2 is 1.25 bits per heavy atom. The fourth-order valence-corrected chi connectivity index (χ4v) is 2.14. The highest BCUT2D eigenvalue weighted by Crippen LogP contribution is 2.18. The number of methoxy groups -OCH3 is 1. The third kappa shape index (κ3) is 6.22. The van der Waals surface area contributed by atoms with E-state index in [1.807, 2.05) is 43.3 Å². The molecule has 0 saturated carbocycles. The molecule has 0 radical (unpaired) electrons. The first-order chi connectivity index (χ1) is 11.6. The molecule has 0 aliphatic rings. The summed E-state index contributed by atoms with van der Waals surface area (Å²) in [4.78, 5) is 0. The van der Waals surface area contributed by atoms with Crippen LogP contribution in [0.25, 0.3) is 0 Å². The van der Waals surface area contributed by atoms with Crippen molar-refractivity contribution >= 4 is 0 Å². The van der Waals surface area contributed by atoms with Crippen molar-refractivity contribution in [2.45, 2.75) is 32.5 Å². The first kappa shape index (κ1) is 18.3. The standard InChI is InChI=1S/C20H26O4/c1-15(21)13-23-19-8-4-17(5-9-19)12-18-6-10-20(11-7-18)24-14-16(2)22-3/h4-11,15-16,21H,12-14H2,1-3H3. The first-order valence-electron chi connectivity index (χ1n) is 8.21. The maximum atomic E-state index is 9.23. The predicted octanol–water partition coefficient (Wildman–Crippen LogP) is 3.45. The van der Waals surface area contributed by atoms with Gasteiger partial charge in [-0.25, -0.2) is 0 Å². The average Bonchev–Trinajstić information content (AvgIpc) is 2.60. The van der Waals surface area contributed by atoms with Crippen LogP contribution in [0.15, 0.2) is 48.5 Å². The molecule has 0 aliphatic carbocycles. The van der Waals surface area contributed by atoms with E-state index < -0.39 is 6.10 Å². The van der Waals surface area contributed by atoms with E-state index in [4.69, 9.17) is 14.2 Å². The van der Waals surface area contributed by atoms with E-state index in [1.54, 1.807) is 14.0 Å². The quantitative estimate of drug-likeness (QED) is 0.765. The lowest BCUT2D eigenvalue weighted by atomic mass is 10.0. The molecule has 0 aliphatic heterocycles. The smallest absolute Gasteiger partial charge is 0.119 e. The third-order valence-corrected chi connectivity index (χ3v) is 3.63. The van der Waals surface area contributed by atoms with Gasteiger partial charge in [-0.3, -0.25) is 0 Å². The molecule has 2 rings (SSSR count). The Morgan fingerprint density at radius 3 is 1.67 bits per heavy atom. The molecule has 4 heteroatoms. The summed E-state index contributed by atoms with van der Waals surface area (Å²) in [7, 11) is 1.68. The monoisotopic (exact) mass is 330 g/mol. The highest BCUT2D eigenvalue weighted by molar-refractivity contribution is 5.34. The largest absolute Gasteiger partial charge is 0.491 e. The van der Waals surface area contributed by atoms with Crippen LogP contribution in [0.2, 0.25) is 0 Å². The van der Waals surface area contributed by atoms with Crippen LogP contribution >= 0.6 is 0 Å². The molecule has 24 heavy (non-hydrogen) atoms. The summed E-state index contributed by atoms with van der Waals surface area (Å²) in [5.74, 6) is 1.63. The van der Waals surface area contributed by atoms with Crippen LogP contribution in [-0.4, -0.2) is 37.6 Å². The van der Waals surface area contributed by atoms with E-state index in [2.05, 4.69) is 12.1 Å². The van der Waals surface area contributed by atoms with Gasteiger partial charge in [0, 0.05) is 7.11 Å². The minimum Gasteiger partial charge on any atom is -0.491 e. The van der Waals surface area contributed by atoms with E-state index >= 15 is 0 Å². The van der Waals surface area contributed by atoms with Gasteiger partial charge in [0.2, 0.25) is 0 Å². The Labute approximate surface area is 144 Å². The summed E-state index contributed by atoms with van der Waals surface area (Å²) in [5.41, 5.74) is 2.43. The molecular weight excluding hydrogens is 304 g/mol. The van der Waals surface area contributed by atoms with Crippen LogP contribution in [0.3, 0.4) is 0 Å². The van der Waals surface area contributed by atoms with Gasteiger partial charge in [-0.1, -0.05) is 24.3 Å². The lowest BCUT2D eigenvalue weighted by molar-refractivity contribution is 0.0716. The average molecular weight is 330 g/mol. The lowest BCUT2D eigenvalue weighted by Crippen LogP contribution is -2.15. The lowest BCUT2D eigenvalue weighted by Gasteiger charge is -2.12. The van der Waals surface area contributed by atoms with E-state index in [1.165, 1.54) is 11.1 Å². The number of benzene rings is 2. The molecule has 0 saturated heterocycles. The molecule has 0 heterocycles. The SMILES string of the molecule is COC(C)COc1ccc(Cc2ccc(OCC(C)O)cc2)cc1. The van der Waals surface area contributed by atoms with Gasteiger partial charge in [0.05, 0.1) is 12.2 Å². The molecule has 1 N–H and O–H groups in total. The topological polar surface area (TPSA) is 47.9 Å². The maximum absolute atomic E-state index is 9.23. The number of hydrogen-bond donors (Lipinski definition) is 1. The van der Waals surface area contributed by atoms with Gasteiger partial charge in [0.25, 0.3) is 0 Å². The van der Waals surface area contributed by atoms with Gasteiger partial charge >= 0.3 is 0 Å². The molecule has 0 spiro atoms. The summed E-state index contributed by atoms with van der Waals surface area (Å²) >= 11 is 0. The summed E-state index contributed by atoms with van der Waals surface area (Å²) in [5, 5.41) is 9.23. The number of hydrogen-bond acceptors (Lipinski definition) is 4. The van der Waals surface area contributed by atoms with Crippen molar-refractivity contribution in [3.05, 3.63) is 59.7 Å². The van der Waals surface area contributed by atoms with Gasteiger partial charge in [0.15, 0.2) is 0 Å². The van der Waals surface area contributed by atoms with E-state index in [9.17, 15) is 5.11 Å². The minimum absolute atomic E-state index is 0.0826. The zero-order chi connectivity index (χ0) is 17.4. The summed E-state index contributed by atoms with van der Waals surface area (Å²) in [6.45, 7) is 4.53. The zero-order valence-corrected chi connectivity index (χ0v) is 14.6. The number of aliphatic hydroxyl groups excluding tert-OH is 1. The van der Waals surface area contributed by atoms with E-state index in [0.29, 0.717) is 13.2 Å². The molecule has 0 bridgehead atoms. The van der Waals surface area contributed by atoms with Crippen molar-refractivity contribution < 1.29 is 19.3 Å². The second-order valence-electron chi connectivity index (χ2n) is 5.98. The van der Waals surface area contributed by atoms with Crippen LogP contribution in [-0.2, 0) is 11.2 Å². The Hall–Kier alpha value is -2.04. The van der Waals surface area contributed by atoms with Crippen molar-refractivity contribution in [3.63, 3.8) is 0 Å². The molecule has 0 aromatic heterocycles. The van der Waals surface area contributed by atoms with Gasteiger partial charge in [-0.05, 0) is 55.7 Å². The zero-order valence-electron chi connectivity index (χ0n) is 14.6. The Balaban J connectivity index is 1.86. The van der Waals surface area contributed by atoms with Crippen LogP contribution in [0.5, 0.6) is 11.5 Å². The Morgan fingerprint density at radius 1 is 0.792 bits per heavy atom. The molecular formula is C20H26O4. The second kappa shape index (κ2) is 9.30. The second-order valence-corrected chi connectivity index (χ2v) is 5.98. The fourth-order valence-electron chi connectivity index (χ4n) is 2.14. The number of rotatable bonds is 9. The molecule has 4 nitrogen and oxygen atoms in total. The van der Waals surface area contributed by atoms with E-state index in [0.717, 1.165) is 17.9 Å². The molecule has 2 aromatic rings. The molecule has 0 fully saturated rings. The maximum Gasteiger partial charge on any atom is 0.119 e. The Kier molecular flexibility index (Phi) is 7.09. The van der Waals surface area contributed by atoms with E-state index in [-0.39, 0.29) is 6.10 Å². The van der Waals surface area contributed by atoms with Crippen molar-refractivity contribution in [3.8, 4) is 11.5 Å². The highest BCUT2D eigenvalue weighted by Gasteiger charge is 2.03. The van der Waals surface area contributed by atoms with Crippen LogP contribution in [0.4, 0.5) is 0 Å². The molecule has 2 unspecified atom stereocenters. The molecule has 2 aromatic carbocycles. The van der Waals surface area contributed by atoms with Gasteiger partial charge in [0.1, 0.15) is 24.7 Å². The molecule has 0 amide bonds. The van der Waals surface area contributed by atoms with Gasteiger partial charge in [-0.15, -0.1) is 0 Å².